The molecular formula is C37H76O17Si4. The summed E-state index contributed by atoms with van der Waals surface area (Å²) in [6.45, 7) is 27.9. The van der Waals surface area contributed by atoms with Crippen LogP contribution in [-0.2, 0) is 40.9 Å². The maximum absolute atomic E-state index is 11.8. The Kier molecular flexibility index (Phi) is 30.0. The molecule has 8 N–H and O–H groups in total. The van der Waals surface area contributed by atoms with Crippen LogP contribution in [0.2, 0.25) is 64.0 Å². The molecule has 0 aromatic heterocycles. The molecule has 0 rings (SSSR count). The molecule has 0 aromatic carbocycles. The van der Waals surface area contributed by atoms with Crippen molar-refractivity contribution in [2.24, 2.45) is 0 Å². The van der Waals surface area contributed by atoms with E-state index in [-0.39, 0.29) is 33.0 Å². The van der Waals surface area contributed by atoms with Crippen molar-refractivity contribution >= 4 is 45.7 Å². The average molecular weight is 905 g/mol. The third-order valence-corrected chi connectivity index (χ3v) is 24.4. The Morgan fingerprint density at radius 1 is 0.586 bits per heavy atom. The number of aliphatic hydroxyl groups excluding tert-OH is 8. The van der Waals surface area contributed by atoms with Crippen LogP contribution in [0.4, 0.5) is 0 Å². The van der Waals surface area contributed by atoms with Crippen molar-refractivity contribution in [3.63, 3.8) is 0 Å². The summed E-state index contributed by atoms with van der Waals surface area (Å²) in [5.74, 6) is -0.808. The van der Waals surface area contributed by atoms with Gasteiger partial charge in [0.05, 0.1) is 46.2 Å². The molecule has 0 aromatic rings. The Labute approximate surface area is 350 Å². The quantitative estimate of drug-likeness (QED) is 0.0158. The van der Waals surface area contributed by atoms with Gasteiger partial charge in [0.1, 0.15) is 36.6 Å². The van der Waals surface area contributed by atoms with E-state index in [9.17, 15) is 24.9 Å². The van der Waals surface area contributed by atoms with Crippen LogP contribution in [0.3, 0.4) is 0 Å². The van der Waals surface area contributed by atoms with Crippen LogP contribution in [0.1, 0.15) is 33.1 Å². The Morgan fingerprint density at radius 2 is 0.983 bits per heavy atom. The Balaban J connectivity index is 0. The van der Waals surface area contributed by atoms with E-state index in [1.54, 1.807) is 13.8 Å². The minimum Gasteiger partial charge on any atom is -0.462 e. The molecule has 7 unspecified atom stereocenters. The van der Waals surface area contributed by atoms with Gasteiger partial charge in [0.25, 0.3) is 0 Å². The van der Waals surface area contributed by atoms with Crippen molar-refractivity contribution in [2.45, 2.75) is 134 Å². The number of hydrogen-bond acceptors (Lipinski definition) is 17. The summed E-state index contributed by atoms with van der Waals surface area (Å²) in [7, 11) is -10.0. The topological polar surface area (TPSA) is 261 Å². The molecule has 0 aliphatic heterocycles. The Bertz CT molecular complexity index is 1210. The highest BCUT2D eigenvalue weighted by molar-refractivity contribution is 6.89. The molecule has 0 spiro atoms. The maximum atomic E-state index is 11.8. The first-order valence-electron chi connectivity index (χ1n) is 19.5. The van der Waals surface area contributed by atoms with Crippen LogP contribution in [0.25, 0.3) is 0 Å². The largest absolute Gasteiger partial charge is 0.462 e. The minimum absolute atomic E-state index is 0.107. The van der Waals surface area contributed by atoms with Crippen LogP contribution in [0, 0.1) is 0 Å². The molecular weight excluding hydrogens is 829 g/mol. The van der Waals surface area contributed by atoms with Gasteiger partial charge in [0.2, 0.25) is 0 Å². The van der Waals surface area contributed by atoms with Crippen molar-refractivity contribution in [1.29, 1.82) is 0 Å². The van der Waals surface area contributed by atoms with Crippen LogP contribution in [-0.4, -0.2) is 176 Å². The van der Waals surface area contributed by atoms with Gasteiger partial charge in [-0.15, -0.1) is 6.58 Å². The molecule has 0 aliphatic rings. The van der Waals surface area contributed by atoms with Gasteiger partial charge in [-0.25, -0.2) is 9.59 Å². The summed E-state index contributed by atoms with van der Waals surface area (Å²) >= 11 is 0. The van der Waals surface area contributed by atoms with E-state index in [1.807, 2.05) is 19.6 Å². The molecule has 0 saturated carbocycles. The smallest absolute Gasteiger partial charge is 0.333 e. The van der Waals surface area contributed by atoms with Gasteiger partial charge in [0, 0.05) is 17.8 Å². The van der Waals surface area contributed by atoms with Crippen molar-refractivity contribution in [3.8, 4) is 0 Å². The third kappa shape index (κ3) is 28.1. The fourth-order valence-electron chi connectivity index (χ4n) is 5.49. The van der Waals surface area contributed by atoms with Gasteiger partial charge >= 0.3 is 29.1 Å². The lowest BCUT2D eigenvalue weighted by Crippen LogP contribution is -2.57. The van der Waals surface area contributed by atoms with Crippen LogP contribution >= 0.6 is 0 Å². The number of hydrogen-bond donors (Lipinski definition) is 8. The predicted octanol–water partition coefficient (Wildman–Crippen LogP) is 1.98. The van der Waals surface area contributed by atoms with Gasteiger partial charge in [-0.2, -0.15) is 0 Å². The zero-order valence-electron chi connectivity index (χ0n) is 36.3. The fraction of sp³-hybridized carbons (Fsp3) is 0.784. The van der Waals surface area contributed by atoms with E-state index < -0.39 is 95.5 Å². The summed E-state index contributed by atoms with van der Waals surface area (Å²) in [5.41, 5.74) is 0.726. The van der Waals surface area contributed by atoms with E-state index in [4.69, 9.17) is 56.8 Å². The first kappa shape index (κ1) is 58.6. The van der Waals surface area contributed by atoms with Gasteiger partial charge in [-0.05, 0) is 97.1 Å². The zero-order valence-corrected chi connectivity index (χ0v) is 40.3. The summed E-state index contributed by atoms with van der Waals surface area (Å²) in [6.07, 6.45) is -4.86. The molecule has 0 bridgehead atoms. The summed E-state index contributed by atoms with van der Waals surface area (Å²) < 4.78 is 41.4. The van der Waals surface area contributed by atoms with Crippen molar-refractivity contribution < 1.29 is 81.7 Å². The van der Waals surface area contributed by atoms with Crippen LogP contribution < -0.4 is 0 Å². The van der Waals surface area contributed by atoms with E-state index in [0.29, 0.717) is 43.1 Å². The lowest BCUT2D eigenvalue weighted by molar-refractivity contribution is -0.139. The molecule has 0 amide bonds. The van der Waals surface area contributed by atoms with E-state index in [1.165, 1.54) is 6.08 Å². The number of ether oxygens (including phenoxy) is 4. The van der Waals surface area contributed by atoms with Crippen molar-refractivity contribution in [2.75, 3.05) is 52.9 Å². The predicted molar refractivity (Wildman–Crippen MR) is 229 cm³/mol. The average Bonchev–Trinajstić information content (AvgIpc) is 3.12. The lowest BCUT2D eigenvalue weighted by atomic mass is 10.1. The van der Waals surface area contributed by atoms with Crippen molar-refractivity contribution in [3.05, 3.63) is 37.0 Å². The van der Waals surface area contributed by atoms with Gasteiger partial charge in [0.15, 0.2) is 16.6 Å². The number of carbonyl (C=O) groups is 2. The number of carbonyl (C=O) groups excluding carboxylic acids is 2. The number of aliphatic hydroxyl groups is 8. The molecule has 0 heterocycles. The molecule has 17 nitrogen and oxygen atoms in total. The molecule has 0 saturated heterocycles. The fourth-order valence-corrected chi connectivity index (χ4v) is 25.1. The van der Waals surface area contributed by atoms with Gasteiger partial charge in [-0.3, -0.25) is 0 Å². The second-order valence-corrected chi connectivity index (χ2v) is 32.1. The molecule has 342 valence electrons. The zero-order chi connectivity index (χ0) is 45.3. The highest BCUT2D eigenvalue weighted by Crippen LogP contribution is 2.30. The summed E-state index contributed by atoms with van der Waals surface area (Å²) in [5, 5.41) is 74.1. The Hall–Kier alpha value is -1.49. The second kappa shape index (κ2) is 29.7. The van der Waals surface area contributed by atoms with Crippen LogP contribution in [0.15, 0.2) is 37.0 Å². The normalized spacial score (nSPS) is 16.4. The van der Waals surface area contributed by atoms with E-state index >= 15 is 0 Å². The highest BCUT2D eigenvalue weighted by Gasteiger charge is 2.45. The minimum atomic E-state index is -2.85. The first-order chi connectivity index (χ1) is 26.7. The molecule has 0 aliphatic carbocycles. The van der Waals surface area contributed by atoms with Crippen molar-refractivity contribution in [1.82, 2.24) is 0 Å². The Morgan fingerprint density at radius 3 is 1.38 bits per heavy atom. The molecule has 21 heteroatoms. The maximum Gasteiger partial charge on any atom is 0.333 e. The lowest BCUT2D eigenvalue weighted by Gasteiger charge is -2.42. The number of esters is 2. The van der Waals surface area contributed by atoms with Gasteiger partial charge in [-0.1, -0.05) is 19.2 Å². The SMILES string of the molecule is C=C(C)C(=O)OCCC[Si](C)(C)O[Si](C)(C)O[Si](C)(CCCOCC(O)C(O)C(O)CO)O[Si](C)(C)CCCOC(=O)C(=C)C.C=CCOCC(O)C(O)C(O)CO. The van der Waals surface area contributed by atoms with E-state index in [0.717, 1.165) is 12.1 Å². The number of rotatable bonds is 32. The highest BCUT2D eigenvalue weighted by atomic mass is 28.5. The third-order valence-electron chi connectivity index (χ3n) is 8.17. The van der Waals surface area contributed by atoms with E-state index in [2.05, 4.69) is 45.9 Å². The summed E-state index contributed by atoms with van der Waals surface area (Å²) in [4.78, 5) is 23.5. The standard InChI is InChI=1S/C29H60O12Si4.C8H16O5/c1-23(2)28(34)37-16-13-18-42(5,6)39-44(9,10)41-45(11,20-12-15-36-22-26(32)27(33)25(31)21-30)40-43(7,8)19-14-17-38-29(35)24(3)4;1-2-3-13-5-7(11)8(12)6(10)4-9/h25-27,30-33H,1,3,12-22H2,2,4-11H3;2,6-12H,1,3-5H2. The summed E-state index contributed by atoms with van der Waals surface area (Å²) in [6, 6.07) is 2.12. The molecule has 7 atom stereocenters. The molecule has 0 radical (unpaired) electrons. The monoisotopic (exact) mass is 904 g/mol. The van der Waals surface area contributed by atoms with Gasteiger partial charge < -0.3 is 72.1 Å². The molecule has 58 heavy (non-hydrogen) atoms. The second-order valence-electron chi connectivity index (χ2n) is 16.0. The first-order valence-corrected chi connectivity index (χ1v) is 31.1. The molecule has 0 fully saturated rings. The van der Waals surface area contributed by atoms with Crippen LogP contribution in [0.5, 0.6) is 0 Å².